The Morgan fingerprint density at radius 3 is 2.67 bits per heavy atom. The molecule has 3 heteroatoms. The second-order valence-corrected chi connectivity index (χ2v) is 5.04. The Labute approximate surface area is 126 Å². The molecule has 2 nitrogen and oxygen atoms in total. The van der Waals surface area contributed by atoms with Crippen LogP contribution in [0.3, 0.4) is 0 Å². The van der Waals surface area contributed by atoms with Gasteiger partial charge in [-0.25, -0.2) is 4.39 Å². The molecule has 0 aromatic heterocycles. The molecule has 21 heavy (non-hydrogen) atoms. The van der Waals surface area contributed by atoms with Gasteiger partial charge in [0.05, 0.1) is 0 Å². The van der Waals surface area contributed by atoms with Gasteiger partial charge in [0.25, 0.3) is 0 Å². The highest BCUT2D eigenvalue weighted by atomic mass is 19.1. The minimum atomic E-state index is -0.269. The summed E-state index contributed by atoms with van der Waals surface area (Å²) < 4.78 is 19.6. The molecule has 0 aliphatic rings. The lowest BCUT2D eigenvalue weighted by molar-refractivity contribution is 0.469. The van der Waals surface area contributed by atoms with Crippen molar-refractivity contribution in [2.24, 2.45) is 0 Å². The van der Waals surface area contributed by atoms with Crippen LogP contribution in [0.1, 0.15) is 31.4 Å². The molecule has 0 radical (unpaired) electrons. The van der Waals surface area contributed by atoms with E-state index < -0.39 is 0 Å². The molecule has 112 valence electrons. The number of halogens is 1. The number of rotatable bonds is 7. The van der Waals surface area contributed by atoms with Crippen LogP contribution >= 0.6 is 0 Å². The summed E-state index contributed by atoms with van der Waals surface area (Å²) in [5.41, 5.74) is 2.01. The Morgan fingerprint density at radius 1 is 1.10 bits per heavy atom. The van der Waals surface area contributed by atoms with Crippen molar-refractivity contribution in [1.82, 2.24) is 5.32 Å². The van der Waals surface area contributed by atoms with Crippen molar-refractivity contribution in [3.8, 4) is 11.5 Å². The first-order chi connectivity index (χ1) is 10.2. The average molecular weight is 287 g/mol. The molecule has 0 saturated heterocycles. The lowest BCUT2D eigenvalue weighted by Crippen LogP contribution is -2.13. The van der Waals surface area contributed by atoms with Crippen LogP contribution in [0, 0.1) is 5.82 Å². The summed E-state index contributed by atoms with van der Waals surface area (Å²) in [5.74, 6) is 1.07. The van der Waals surface area contributed by atoms with E-state index in [4.69, 9.17) is 4.74 Å². The Kier molecular flexibility index (Phi) is 5.76. The van der Waals surface area contributed by atoms with Crippen LogP contribution in [0.4, 0.5) is 4.39 Å². The summed E-state index contributed by atoms with van der Waals surface area (Å²) in [6.07, 6.45) is 1.94. The summed E-state index contributed by atoms with van der Waals surface area (Å²) in [5, 5.41) is 3.27. The Bertz CT molecular complexity index is 583. The maximum absolute atomic E-state index is 13.7. The van der Waals surface area contributed by atoms with E-state index in [2.05, 4.69) is 19.2 Å². The third-order valence-corrected chi connectivity index (χ3v) is 3.27. The van der Waals surface area contributed by atoms with Gasteiger partial charge in [-0.1, -0.05) is 32.0 Å². The van der Waals surface area contributed by atoms with Crippen molar-refractivity contribution in [2.75, 3.05) is 6.54 Å². The largest absolute Gasteiger partial charge is 0.457 e. The van der Waals surface area contributed by atoms with Crippen LogP contribution < -0.4 is 10.1 Å². The molecule has 0 atom stereocenters. The summed E-state index contributed by atoms with van der Waals surface area (Å²) in [7, 11) is 0. The fraction of sp³-hybridized carbons (Fsp3) is 0.333. The maximum atomic E-state index is 13.7. The highest BCUT2D eigenvalue weighted by Crippen LogP contribution is 2.27. The Balaban J connectivity index is 2.15. The van der Waals surface area contributed by atoms with E-state index in [0.29, 0.717) is 12.3 Å². The summed E-state index contributed by atoms with van der Waals surface area (Å²) in [6, 6.07) is 12.7. The predicted octanol–water partition coefficient (Wildman–Crippen LogP) is 4.68. The van der Waals surface area contributed by atoms with Gasteiger partial charge in [-0.3, -0.25) is 0 Å². The fourth-order valence-electron chi connectivity index (χ4n) is 2.21. The number of nitrogens with one attached hydrogen (secondary N) is 1. The highest BCUT2D eigenvalue weighted by molar-refractivity contribution is 5.39. The fourth-order valence-corrected chi connectivity index (χ4v) is 2.21. The molecule has 0 spiro atoms. The summed E-state index contributed by atoms with van der Waals surface area (Å²) >= 11 is 0. The topological polar surface area (TPSA) is 21.3 Å². The second kappa shape index (κ2) is 7.79. The normalized spacial score (nSPS) is 10.6. The first-order valence-electron chi connectivity index (χ1n) is 7.49. The van der Waals surface area contributed by atoms with Gasteiger partial charge in [-0.05, 0) is 48.7 Å². The van der Waals surface area contributed by atoms with E-state index in [9.17, 15) is 4.39 Å². The smallest absolute Gasteiger partial charge is 0.130 e. The van der Waals surface area contributed by atoms with Crippen LogP contribution in [-0.2, 0) is 13.0 Å². The first-order valence-corrected chi connectivity index (χ1v) is 7.49. The second-order valence-electron chi connectivity index (χ2n) is 5.04. The van der Waals surface area contributed by atoms with Gasteiger partial charge in [0.2, 0.25) is 0 Å². The van der Waals surface area contributed by atoms with Crippen molar-refractivity contribution in [3.05, 3.63) is 59.4 Å². The van der Waals surface area contributed by atoms with Crippen molar-refractivity contribution in [1.29, 1.82) is 0 Å². The van der Waals surface area contributed by atoms with Crippen LogP contribution in [0.25, 0.3) is 0 Å². The van der Waals surface area contributed by atoms with E-state index >= 15 is 0 Å². The predicted molar refractivity (Wildman–Crippen MR) is 84.3 cm³/mol. The van der Waals surface area contributed by atoms with Crippen LogP contribution in [-0.4, -0.2) is 6.54 Å². The number of benzene rings is 2. The molecular formula is C18H22FNO. The molecule has 0 aliphatic heterocycles. The van der Waals surface area contributed by atoms with Gasteiger partial charge in [-0.2, -0.15) is 0 Å². The quantitative estimate of drug-likeness (QED) is 0.747. The molecule has 0 saturated carbocycles. The maximum Gasteiger partial charge on any atom is 0.130 e. The molecule has 0 unspecified atom stereocenters. The lowest BCUT2D eigenvalue weighted by Gasteiger charge is -2.11. The monoisotopic (exact) mass is 287 g/mol. The third-order valence-electron chi connectivity index (χ3n) is 3.27. The van der Waals surface area contributed by atoms with E-state index in [1.54, 1.807) is 6.07 Å². The summed E-state index contributed by atoms with van der Waals surface area (Å²) in [6.45, 7) is 5.76. The van der Waals surface area contributed by atoms with E-state index in [-0.39, 0.29) is 5.82 Å². The molecule has 0 fully saturated rings. The zero-order chi connectivity index (χ0) is 15.1. The molecule has 0 heterocycles. The molecule has 2 aromatic rings. The van der Waals surface area contributed by atoms with Gasteiger partial charge in [-0.15, -0.1) is 0 Å². The van der Waals surface area contributed by atoms with Gasteiger partial charge in [0, 0.05) is 12.6 Å². The third kappa shape index (κ3) is 4.57. The molecule has 0 amide bonds. The lowest BCUT2D eigenvalue weighted by atomic mass is 10.1. The number of para-hydroxylation sites is 1. The zero-order valence-electron chi connectivity index (χ0n) is 12.7. The van der Waals surface area contributed by atoms with E-state index in [1.807, 2.05) is 30.3 Å². The molecule has 2 aromatic carbocycles. The van der Waals surface area contributed by atoms with Gasteiger partial charge >= 0.3 is 0 Å². The standard InChI is InChI=1S/C18H22FNO/c1-3-9-20-13-14-10-16(19)12-17(11-14)21-18-8-6-5-7-15(18)4-2/h5-8,10-12,20H,3-4,9,13H2,1-2H3. The van der Waals surface area contributed by atoms with Gasteiger partial charge in [0.1, 0.15) is 17.3 Å². The van der Waals surface area contributed by atoms with Gasteiger partial charge in [0.15, 0.2) is 0 Å². The highest BCUT2D eigenvalue weighted by Gasteiger charge is 2.06. The zero-order valence-corrected chi connectivity index (χ0v) is 12.7. The molecule has 0 aliphatic carbocycles. The average Bonchev–Trinajstić information content (AvgIpc) is 2.47. The molecular weight excluding hydrogens is 265 g/mol. The van der Waals surface area contributed by atoms with Crippen molar-refractivity contribution in [2.45, 2.75) is 33.2 Å². The molecule has 1 N–H and O–H groups in total. The van der Waals surface area contributed by atoms with E-state index in [1.165, 1.54) is 6.07 Å². The van der Waals surface area contributed by atoms with E-state index in [0.717, 1.165) is 36.3 Å². The van der Waals surface area contributed by atoms with Crippen LogP contribution in [0.2, 0.25) is 0 Å². The first kappa shape index (κ1) is 15.5. The van der Waals surface area contributed by atoms with Gasteiger partial charge < -0.3 is 10.1 Å². The number of hydrogen-bond acceptors (Lipinski definition) is 2. The molecule has 0 bridgehead atoms. The minimum Gasteiger partial charge on any atom is -0.457 e. The van der Waals surface area contributed by atoms with Crippen LogP contribution in [0.5, 0.6) is 11.5 Å². The summed E-state index contributed by atoms with van der Waals surface area (Å²) in [4.78, 5) is 0. The van der Waals surface area contributed by atoms with Crippen molar-refractivity contribution < 1.29 is 9.13 Å². The van der Waals surface area contributed by atoms with Crippen molar-refractivity contribution in [3.63, 3.8) is 0 Å². The minimum absolute atomic E-state index is 0.269. The number of hydrogen-bond donors (Lipinski definition) is 1. The number of ether oxygens (including phenoxy) is 1. The Hall–Kier alpha value is -1.87. The van der Waals surface area contributed by atoms with Crippen LogP contribution in [0.15, 0.2) is 42.5 Å². The SMILES string of the molecule is CCCNCc1cc(F)cc(Oc2ccccc2CC)c1. The number of aryl methyl sites for hydroxylation is 1. The van der Waals surface area contributed by atoms with Crippen molar-refractivity contribution >= 4 is 0 Å². The Morgan fingerprint density at radius 2 is 1.90 bits per heavy atom. The molecule has 2 rings (SSSR count).